The summed E-state index contributed by atoms with van der Waals surface area (Å²) in [5.74, 6) is -0.0381. The first-order valence-corrected chi connectivity index (χ1v) is 4.55. The van der Waals surface area contributed by atoms with Crippen LogP contribution in [0.1, 0.15) is 5.56 Å². The molecule has 1 rings (SSSR count). The van der Waals surface area contributed by atoms with E-state index in [1.807, 2.05) is 0 Å². The van der Waals surface area contributed by atoms with Crippen LogP contribution in [0.4, 0.5) is 5.82 Å². The molecule has 1 aromatic heterocycles. The Kier molecular flexibility index (Phi) is 3.18. The van der Waals surface area contributed by atoms with Crippen LogP contribution >= 0.6 is 15.9 Å². The summed E-state index contributed by atoms with van der Waals surface area (Å²) in [6.45, 7) is 0. The van der Waals surface area contributed by atoms with Crippen LogP contribution in [0, 0.1) is 10.1 Å². The van der Waals surface area contributed by atoms with Crippen molar-refractivity contribution >= 4 is 21.7 Å². The fourth-order valence-electron chi connectivity index (χ4n) is 0.933. The lowest BCUT2D eigenvalue weighted by atomic mass is 10.2. The summed E-state index contributed by atoms with van der Waals surface area (Å²) >= 11 is 3.20. The Morgan fingerprint density at radius 2 is 2.46 bits per heavy atom. The Morgan fingerprint density at radius 3 is 2.92 bits per heavy atom. The largest absolute Gasteiger partial charge is 0.489 e. The molecule has 0 spiro atoms. The van der Waals surface area contributed by atoms with Gasteiger partial charge in [-0.2, -0.15) is 0 Å². The van der Waals surface area contributed by atoms with Crippen molar-refractivity contribution in [2.45, 2.75) is 5.33 Å². The maximum atomic E-state index is 10.5. The van der Waals surface area contributed by atoms with Crippen LogP contribution in [0.3, 0.4) is 0 Å². The van der Waals surface area contributed by atoms with Gasteiger partial charge in [0, 0.05) is 10.9 Å². The summed E-state index contributed by atoms with van der Waals surface area (Å²) in [6.07, 6.45) is 1.39. The molecule has 0 amide bonds. The first kappa shape index (κ1) is 9.91. The van der Waals surface area contributed by atoms with E-state index in [1.165, 1.54) is 13.3 Å². The van der Waals surface area contributed by atoms with Gasteiger partial charge in [-0.25, -0.2) is 0 Å². The van der Waals surface area contributed by atoms with Crippen molar-refractivity contribution in [3.8, 4) is 5.75 Å². The molecule has 13 heavy (non-hydrogen) atoms. The zero-order valence-corrected chi connectivity index (χ0v) is 8.44. The van der Waals surface area contributed by atoms with Crippen molar-refractivity contribution in [2.75, 3.05) is 7.11 Å². The molecule has 0 fully saturated rings. The zero-order chi connectivity index (χ0) is 9.84. The van der Waals surface area contributed by atoms with Crippen LogP contribution in [0.5, 0.6) is 5.75 Å². The monoisotopic (exact) mass is 246 g/mol. The molecular weight excluding hydrogens is 240 g/mol. The average molecular weight is 247 g/mol. The van der Waals surface area contributed by atoms with Crippen LogP contribution in [0.2, 0.25) is 0 Å². The van der Waals surface area contributed by atoms with E-state index in [0.29, 0.717) is 10.9 Å². The maximum Gasteiger partial charge on any atom is 0.406 e. The molecule has 1 heterocycles. The molecule has 1 aromatic rings. The normalized spacial score (nSPS) is 9.69. The lowest BCUT2D eigenvalue weighted by Gasteiger charge is -2.04. The molecular formula is C7H7BrN2O3. The van der Waals surface area contributed by atoms with Crippen molar-refractivity contribution < 1.29 is 9.66 Å². The number of methoxy groups -OCH3 is 1. The first-order chi connectivity index (χ1) is 6.20. The van der Waals surface area contributed by atoms with Crippen molar-refractivity contribution in [1.82, 2.24) is 4.98 Å². The zero-order valence-electron chi connectivity index (χ0n) is 6.86. The summed E-state index contributed by atoms with van der Waals surface area (Å²) < 4.78 is 4.89. The minimum absolute atomic E-state index is 0.212. The topological polar surface area (TPSA) is 65.3 Å². The smallest absolute Gasteiger partial charge is 0.406 e. The SMILES string of the molecule is COc1c(CBr)ccnc1[N+](=O)[O-]. The van der Waals surface area contributed by atoms with Gasteiger partial charge in [0.25, 0.3) is 0 Å². The van der Waals surface area contributed by atoms with E-state index in [9.17, 15) is 10.1 Å². The molecule has 0 N–H and O–H groups in total. The van der Waals surface area contributed by atoms with E-state index in [2.05, 4.69) is 20.9 Å². The van der Waals surface area contributed by atoms with Gasteiger partial charge in [0.15, 0.2) is 0 Å². The highest BCUT2D eigenvalue weighted by atomic mass is 79.9. The molecule has 0 unspecified atom stereocenters. The van der Waals surface area contributed by atoms with Crippen LogP contribution in [0.25, 0.3) is 0 Å². The highest BCUT2D eigenvalue weighted by molar-refractivity contribution is 9.08. The Hall–Kier alpha value is -1.17. The highest BCUT2D eigenvalue weighted by Gasteiger charge is 2.18. The summed E-state index contributed by atoms with van der Waals surface area (Å²) in [6, 6.07) is 1.67. The summed E-state index contributed by atoms with van der Waals surface area (Å²) in [4.78, 5) is 13.5. The fourth-order valence-corrected chi connectivity index (χ4v) is 1.37. The molecule has 0 aliphatic carbocycles. The van der Waals surface area contributed by atoms with E-state index in [1.54, 1.807) is 6.07 Å². The van der Waals surface area contributed by atoms with E-state index < -0.39 is 4.92 Å². The molecule has 70 valence electrons. The standard InChI is InChI=1S/C7H7BrN2O3/c1-13-6-5(4-8)2-3-9-7(6)10(11)12/h2-3H,4H2,1H3. The summed E-state index contributed by atoms with van der Waals surface area (Å²) in [5, 5.41) is 11.0. The second-order valence-corrected chi connectivity index (χ2v) is 2.78. The van der Waals surface area contributed by atoms with E-state index in [4.69, 9.17) is 4.74 Å². The second kappa shape index (κ2) is 4.18. The maximum absolute atomic E-state index is 10.5. The van der Waals surface area contributed by atoms with Crippen LogP contribution in [-0.4, -0.2) is 17.0 Å². The quantitative estimate of drug-likeness (QED) is 0.464. The minimum Gasteiger partial charge on any atom is -0.489 e. The van der Waals surface area contributed by atoms with Crippen LogP contribution in [0.15, 0.2) is 12.3 Å². The Labute approximate surface area is 83.0 Å². The Morgan fingerprint density at radius 1 is 1.77 bits per heavy atom. The number of halogens is 1. The van der Waals surface area contributed by atoms with Crippen molar-refractivity contribution in [2.24, 2.45) is 0 Å². The third-order valence-corrected chi connectivity index (χ3v) is 2.09. The number of pyridine rings is 1. The second-order valence-electron chi connectivity index (χ2n) is 2.22. The molecule has 5 nitrogen and oxygen atoms in total. The van der Waals surface area contributed by atoms with Gasteiger partial charge < -0.3 is 14.9 Å². The van der Waals surface area contributed by atoms with Crippen LogP contribution in [-0.2, 0) is 5.33 Å². The predicted molar refractivity (Wildman–Crippen MR) is 50.1 cm³/mol. The lowest BCUT2D eigenvalue weighted by Crippen LogP contribution is -1.99. The minimum atomic E-state index is -0.564. The molecule has 0 saturated carbocycles. The van der Waals surface area contributed by atoms with E-state index in [0.717, 1.165) is 0 Å². The fraction of sp³-hybridized carbons (Fsp3) is 0.286. The number of rotatable bonds is 3. The van der Waals surface area contributed by atoms with Crippen molar-refractivity contribution in [3.63, 3.8) is 0 Å². The average Bonchev–Trinajstić information content (AvgIpc) is 2.16. The van der Waals surface area contributed by atoms with E-state index in [-0.39, 0.29) is 11.6 Å². The van der Waals surface area contributed by atoms with Gasteiger partial charge in [-0.05, 0) is 16.0 Å². The molecule has 6 heteroatoms. The number of hydrogen-bond acceptors (Lipinski definition) is 4. The van der Waals surface area contributed by atoms with Gasteiger partial charge in [-0.15, -0.1) is 0 Å². The van der Waals surface area contributed by atoms with Gasteiger partial charge in [0.05, 0.1) is 7.11 Å². The molecule has 0 aliphatic heterocycles. The number of aromatic nitrogens is 1. The van der Waals surface area contributed by atoms with Gasteiger partial charge in [0.1, 0.15) is 6.20 Å². The van der Waals surface area contributed by atoms with E-state index >= 15 is 0 Å². The van der Waals surface area contributed by atoms with Gasteiger partial charge in [-0.3, -0.25) is 0 Å². The Bertz CT molecular complexity index is 330. The number of hydrogen-bond donors (Lipinski definition) is 0. The predicted octanol–water partition coefficient (Wildman–Crippen LogP) is 1.89. The number of nitro groups is 1. The third kappa shape index (κ3) is 1.95. The molecule has 0 atom stereocenters. The molecule has 0 radical (unpaired) electrons. The number of ether oxygens (including phenoxy) is 1. The molecule has 0 saturated heterocycles. The van der Waals surface area contributed by atoms with Gasteiger partial charge >= 0.3 is 5.82 Å². The third-order valence-electron chi connectivity index (χ3n) is 1.49. The highest BCUT2D eigenvalue weighted by Crippen LogP contribution is 2.29. The number of alkyl halides is 1. The molecule has 0 aromatic carbocycles. The summed E-state index contributed by atoms with van der Waals surface area (Å²) in [5.41, 5.74) is 0.712. The van der Waals surface area contributed by atoms with Gasteiger partial charge in [-0.1, -0.05) is 15.9 Å². The van der Waals surface area contributed by atoms with Crippen molar-refractivity contribution in [3.05, 3.63) is 27.9 Å². The molecule has 0 aliphatic rings. The Balaban J connectivity index is 3.27. The van der Waals surface area contributed by atoms with Gasteiger partial charge in [0.2, 0.25) is 5.75 Å². The first-order valence-electron chi connectivity index (χ1n) is 3.43. The van der Waals surface area contributed by atoms with Crippen LogP contribution < -0.4 is 4.74 Å². The summed E-state index contributed by atoms with van der Waals surface area (Å²) in [7, 11) is 1.39. The molecule has 0 bridgehead atoms. The lowest BCUT2D eigenvalue weighted by molar-refractivity contribution is -0.390. The number of nitrogens with zero attached hydrogens (tertiary/aromatic N) is 2. The van der Waals surface area contributed by atoms with Crippen molar-refractivity contribution in [1.29, 1.82) is 0 Å².